The van der Waals surface area contributed by atoms with Gasteiger partial charge in [0.2, 0.25) is 11.0 Å². The molecule has 11 nitrogen and oxygen atoms in total. The van der Waals surface area contributed by atoms with Crippen LogP contribution in [-0.4, -0.2) is 69.2 Å². The second-order valence-electron chi connectivity index (χ2n) is 7.77. The van der Waals surface area contributed by atoms with Gasteiger partial charge in [-0.3, -0.25) is 0 Å². The Bertz CT molecular complexity index is 1150. The summed E-state index contributed by atoms with van der Waals surface area (Å²) in [7, 11) is 1.81. The van der Waals surface area contributed by atoms with E-state index in [4.69, 9.17) is 17.0 Å². The van der Waals surface area contributed by atoms with Crippen molar-refractivity contribution in [1.82, 2.24) is 39.6 Å². The molecule has 32 heavy (non-hydrogen) atoms. The summed E-state index contributed by atoms with van der Waals surface area (Å²) in [6, 6.07) is 3.28. The van der Waals surface area contributed by atoms with Crippen molar-refractivity contribution in [2.45, 2.75) is 43.0 Å². The number of aromatic nitrogens is 7. The van der Waals surface area contributed by atoms with Gasteiger partial charge in [0.05, 0.1) is 11.9 Å². The molecule has 1 amide bonds. The van der Waals surface area contributed by atoms with Gasteiger partial charge in [0.15, 0.2) is 10.5 Å². The summed E-state index contributed by atoms with van der Waals surface area (Å²) in [5.41, 5.74) is 0.643. The predicted octanol–water partition coefficient (Wildman–Crippen LogP) is 3.04. The minimum atomic E-state index is -0.411. The second kappa shape index (κ2) is 9.28. The number of aromatic amines is 1. The van der Waals surface area contributed by atoms with Crippen LogP contribution in [0.15, 0.2) is 23.5 Å². The van der Waals surface area contributed by atoms with Gasteiger partial charge in [-0.25, -0.2) is 19.0 Å². The lowest BCUT2D eigenvalue weighted by atomic mass is 10.1. The lowest BCUT2D eigenvalue weighted by Gasteiger charge is -2.30. The average Bonchev–Trinajstić information content (AvgIpc) is 3.31. The maximum Gasteiger partial charge on any atom is 0.415 e. The van der Waals surface area contributed by atoms with E-state index >= 15 is 0 Å². The number of ether oxygens (including phenoxy) is 1. The van der Waals surface area contributed by atoms with E-state index in [0.717, 1.165) is 18.0 Å². The third-order valence-electron chi connectivity index (χ3n) is 5.18. The molecule has 1 aliphatic rings. The van der Waals surface area contributed by atoms with Gasteiger partial charge in [-0.05, 0) is 53.5 Å². The third kappa shape index (κ3) is 4.63. The molecule has 13 heteroatoms. The summed E-state index contributed by atoms with van der Waals surface area (Å²) in [4.78, 5) is 21.5. The fourth-order valence-electron chi connectivity index (χ4n) is 3.42. The van der Waals surface area contributed by atoms with E-state index in [1.54, 1.807) is 33.5 Å². The van der Waals surface area contributed by atoms with Crippen LogP contribution >= 0.6 is 24.0 Å². The number of imidazole rings is 1. The first-order valence-corrected chi connectivity index (χ1v) is 11.5. The molecule has 0 unspecified atom stereocenters. The molecule has 2 N–H and O–H groups in total. The summed E-state index contributed by atoms with van der Waals surface area (Å²) < 4.78 is 8.93. The zero-order chi connectivity index (χ0) is 22.8. The van der Waals surface area contributed by atoms with Gasteiger partial charge in [0.25, 0.3) is 0 Å². The zero-order valence-corrected chi connectivity index (χ0v) is 19.6. The first-order valence-electron chi connectivity index (χ1n) is 10.2. The van der Waals surface area contributed by atoms with E-state index in [9.17, 15) is 9.90 Å². The Morgan fingerprint density at radius 2 is 2.09 bits per heavy atom. The van der Waals surface area contributed by atoms with Crippen LogP contribution in [0, 0.1) is 4.77 Å². The summed E-state index contributed by atoms with van der Waals surface area (Å²) >= 11 is 6.93. The fraction of sp³-hybridized carbons (Fsp3) is 0.474. The number of piperidine rings is 1. The van der Waals surface area contributed by atoms with Crippen molar-refractivity contribution in [2.75, 3.05) is 13.1 Å². The summed E-state index contributed by atoms with van der Waals surface area (Å²) in [5, 5.41) is 23.1. The highest BCUT2D eigenvalue weighted by molar-refractivity contribution is 7.99. The highest BCUT2D eigenvalue weighted by Crippen LogP contribution is 2.29. The van der Waals surface area contributed by atoms with Crippen molar-refractivity contribution >= 4 is 30.1 Å². The van der Waals surface area contributed by atoms with E-state index in [1.807, 2.05) is 20.9 Å². The smallest absolute Gasteiger partial charge is 0.415 e. The topological polar surface area (TPSA) is 127 Å². The molecule has 4 heterocycles. The number of carbonyl (C=O) groups excluding carboxylic acids is 1. The number of hydrogen-bond donors (Lipinski definition) is 2. The Morgan fingerprint density at radius 1 is 1.34 bits per heavy atom. The predicted molar refractivity (Wildman–Crippen MR) is 120 cm³/mol. The van der Waals surface area contributed by atoms with Crippen LogP contribution in [0.3, 0.4) is 0 Å². The van der Waals surface area contributed by atoms with Crippen LogP contribution in [0.4, 0.5) is 4.79 Å². The molecule has 1 saturated heterocycles. The summed E-state index contributed by atoms with van der Waals surface area (Å²) in [6.45, 7) is 5.10. The van der Waals surface area contributed by atoms with Crippen LogP contribution in [0.1, 0.15) is 38.3 Å². The number of carbonyl (C=O) groups is 1. The molecule has 1 fully saturated rings. The number of hydrogen-bond acceptors (Lipinski definition) is 9. The van der Waals surface area contributed by atoms with Gasteiger partial charge < -0.3 is 19.7 Å². The van der Waals surface area contributed by atoms with E-state index < -0.39 is 6.09 Å². The minimum Gasteiger partial charge on any atom is -0.493 e. The van der Waals surface area contributed by atoms with Gasteiger partial charge >= 0.3 is 6.09 Å². The van der Waals surface area contributed by atoms with Crippen LogP contribution < -0.4 is 4.74 Å². The molecule has 0 atom stereocenters. The van der Waals surface area contributed by atoms with Crippen molar-refractivity contribution in [1.29, 1.82) is 0 Å². The Balaban J connectivity index is 1.35. The molecular weight excluding hydrogens is 452 g/mol. The number of aromatic hydroxyl groups is 1. The van der Waals surface area contributed by atoms with Gasteiger partial charge in [-0.1, -0.05) is 25.6 Å². The molecule has 0 aromatic carbocycles. The van der Waals surface area contributed by atoms with Gasteiger partial charge in [-0.15, -0.1) is 5.10 Å². The SMILES string of the molecule is CC(C)c1[nH]c(=S)n(-c2ccc(OC(=O)N3CCC(Sc4nnnn4C)CC3)cn2)c1O. The van der Waals surface area contributed by atoms with Crippen molar-refractivity contribution in [3.05, 3.63) is 28.8 Å². The summed E-state index contributed by atoms with van der Waals surface area (Å²) in [5.74, 6) is 0.871. The number of pyridine rings is 1. The minimum absolute atomic E-state index is 0.0279. The quantitative estimate of drug-likeness (QED) is 0.534. The second-order valence-corrected chi connectivity index (χ2v) is 9.42. The molecule has 170 valence electrons. The van der Waals surface area contributed by atoms with Crippen LogP contribution in [-0.2, 0) is 7.05 Å². The first-order chi connectivity index (χ1) is 15.3. The number of aryl methyl sites for hydroxylation is 1. The highest BCUT2D eigenvalue weighted by atomic mass is 32.2. The lowest BCUT2D eigenvalue weighted by Crippen LogP contribution is -2.41. The Kier molecular flexibility index (Phi) is 6.46. The molecule has 0 saturated carbocycles. The van der Waals surface area contributed by atoms with E-state index in [1.165, 1.54) is 10.8 Å². The standard InChI is InChI=1S/C19H24N8O3S2/c1-11(2)15-16(28)27(17(31)21-15)14-5-4-12(10-20-14)30-19(29)26-8-6-13(7-9-26)32-18-22-23-24-25(18)3/h4-5,10-11,13,28H,6-9H2,1-3H3,(H,21,31). The van der Waals surface area contributed by atoms with E-state index in [0.29, 0.717) is 40.4 Å². The molecule has 0 bridgehead atoms. The number of nitrogens with zero attached hydrogens (tertiary/aromatic N) is 7. The van der Waals surface area contributed by atoms with Gasteiger partial charge in [0.1, 0.15) is 5.82 Å². The van der Waals surface area contributed by atoms with Crippen molar-refractivity contribution in [3.63, 3.8) is 0 Å². The molecular formula is C19H24N8O3S2. The van der Waals surface area contributed by atoms with Crippen LogP contribution in [0.5, 0.6) is 11.6 Å². The van der Waals surface area contributed by atoms with Crippen molar-refractivity contribution in [3.8, 4) is 17.4 Å². The van der Waals surface area contributed by atoms with E-state index in [-0.39, 0.29) is 11.8 Å². The summed E-state index contributed by atoms with van der Waals surface area (Å²) in [6.07, 6.45) is 2.69. The molecule has 1 aliphatic heterocycles. The number of H-pyrrole nitrogens is 1. The van der Waals surface area contributed by atoms with Crippen molar-refractivity contribution in [2.24, 2.45) is 7.05 Å². The number of thioether (sulfide) groups is 1. The molecule has 0 aliphatic carbocycles. The highest BCUT2D eigenvalue weighted by Gasteiger charge is 2.26. The fourth-order valence-corrected chi connectivity index (χ4v) is 4.72. The molecule has 4 rings (SSSR count). The van der Waals surface area contributed by atoms with Crippen LogP contribution in [0.25, 0.3) is 5.82 Å². The van der Waals surface area contributed by atoms with Crippen LogP contribution in [0.2, 0.25) is 0 Å². The molecule has 0 spiro atoms. The van der Waals surface area contributed by atoms with Gasteiger partial charge in [-0.2, -0.15) is 0 Å². The zero-order valence-electron chi connectivity index (χ0n) is 17.9. The number of likely N-dealkylation sites (tertiary alicyclic amines) is 1. The molecule has 3 aromatic rings. The number of nitrogens with one attached hydrogen (secondary N) is 1. The number of rotatable bonds is 5. The Morgan fingerprint density at radius 3 is 2.66 bits per heavy atom. The monoisotopic (exact) mass is 476 g/mol. The number of tetrazole rings is 1. The number of amides is 1. The van der Waals surface area contributed by atoms with Crippen molar-refractivity contribution < 1.29 is 14.6 Å². The largest absolute Gasteiger partial charge is 0.493 e. The lowest BCUT2D eigenvalue weighted by molar-refractivity contribution is 0.143. The maximum atomic E-state index is 12.6. The Hall–Kier alpha value is -2.93. The molecule has 3 aromatic heterocycles. The maximum absolute atomic E-state index is 12.6. The van der Waals surface area contributed by atoms with E-state index in [2.05, 4.69) is 25.5 Å². The first kappa shape index (κ1) is 22.3. The molecule has 0 radical (unpaired) electrons. The average molecular weight is 477 g/mol. The Labute approximate surface area is 193 Å². The van der Waals surface area contributed by atoms with Gasteiger partial charge in [0, 0.05) is 25.4 Å². The normalized spacial score (nSPS) is 14.8. The third-order valence-corrected chi connectivity index (χ3v) is 6.83.